The van der Waals surface area contributed by atoms with Gasteiger partial charge in [-0.25, -0.2) is 0 Å². The molecule has 4 heteroatoms. The van der Waals surface area contributed by atoms with Gasteiger partial charge in [0, 0.05) is 0 Å². The van der Waals surface area contributed by atoms with Crippen LogP contribution in [-0.4, -0.2) is 39.4 Å². The third-order valence-electron chi connectivity index (χ3n) is 1.41. The second-order valence-electron chi connectivity index (χ2n) is 2.35. The number of hydrogen-bond donors (Lipinski definition) is 1. The van der Waals surface area contributed by atoms with Crippen LogP contribution < -0.4 is 0 Å². The van der Waals surface area contributed by atoms with Crippen molar-refractivity contribution in [2.75, 3.05) is 13.7 Å². The molecule has 0 radical (unpaired) electrons. The fourth-order valence-corrected chi connectivity index (χ4v) is 3.04. The SMILES string of the molecule is COC(=O)CC[As](C)CCO. The molecule has 1 atom stereocenters. The second-order valence-corrected chi connectivity index (χ2v) is 7.82. The van der Waals surface area contributed by atoms with Crippen LogP contribution in [0.3, 0.4) is 0 Å². The van der Waals surface area contributed by atoms with Crippen molar-refractivity contribution < 1.29 is 14.6 Å². The van der Waals surface area contributed by atoms with E-state index in [0.717, 1.165) is 10.4 Å². The van der Waals surface area contributed by atoms with Gasteiger partial charge in [-0.2, -0.15) is 0 Å². The van der Waals surface area contributed by atoms with E-state index in [-0.39, 0.29) is 12.6 Å². The van der Waals surface area contributed by atoms with Crippen molar-refractivity contribution in [2.45, 2.75) is 22.5 Å². The molecule has 0 bridgehead atoms. The Labute approximate surface area is 72.0 Å². The van der Waals surface area contributed by atoms with Crippen molar-refractivity contribution in [3.05, 3.63) is 0 Å². The van der Waals surface area contributed by atoms with Crippen LogP contribution in [0.25, 0.3) is 0 Å². The van der Waals surface area contributed by atoms with E-state index in [0.29, 0.717) is 6.42 Å². The van der Waals surface area contributed by atoms with Gasteiger partial charge in [0.2, 0.25) is 0 Å². The van der Waals surface area contributed by atoms with E-state index in [2.05, 4.69) is 10.4 Å². The summed E-state index contributed by atoms with van der Waals surface area (Å²) < 4.78 is 4.50. The first-order valence-electron chi connectivity index (χ1n) is 3.57. The van der Waals surface area contributed by atoms with Gasteiger partial charge in [0.1, 0.15) is 0 Å². The van der Waals surface area contributed by atoms with E-state index >= 15 is 0 Å². The summed E-state index contributed by atoms with van der Waals surface area (Å²) in [6, 6.07) is 0. The predicted molar refractivity (Wildman–Crippen MR) is 45.0 cm³/mol. The molecule has 0 saturated carbocycles. The van der Waals surface area contributed by atoms with Crippen molar-refractivity contribution in [2.24, 2.45) is 0 Å². The molecular formula is C7H15AsO3. The molecule has 0 saturated heterocycles. The molecule has 0 spiro atoms. The first-order chi connectivity index (χ1) is 5.20. The predicted octanol–water partition coefficient (Wildman–Crippen LogP) is 0.666. The Morgan fingerprint density at radius 1 is 1.55 bits per heavy atom. The standard InChI is InChI=1S/C7H15AsO3/c1-8(5-6-9)4-3-7(10)11-2/h9H,3-6H2,1-2H3. The van der Waals surface area contributed by atoms with Crippen LogP contribution in [-0.2, 0) is 9.53 Å². The summed E-state index contributed by atoms with van der Waals surface area (Å²) >= 11 is -0.884. The molecule has 3 nitrogen and oxygen atoms in total. The molecular weight excluding hydrogens is 207 g/mol. The van der Waals surface area contributed by atoms with Crippen molar-refractivity contribution in [1.82, 2.24) is 0 Å². The van der Waals surface area contributed by atoms with Gasteiger partial charge in [-0.05, 0) is 0 Å². The number of carbonyl (C=O) groups excluding carboxylic acids is 1. The molecule has 0 aliphatic rings. The van der Waals surface area contributed by atoms with Crippen molar-refractivity contribution in [1.29, 1.82) is 0 Å². The Balaban J connectivity index is 3.29. The summed E-state index contributed by atoms with van der Waals surface area (Å²) in [6.45, 7) is 0.262. The molecule has 0 rings (SSSR count). The van der Waals surface area contributed by atoms with Gasteiger partial charge in [0.05, 0.1) is 0 Å². The van der Waals surface area contributed by atoms with Crippen LogP contribution in [0.1, 0.15) is 6.42 Å². The Morgan fingerprint density at radius 2 is 2.18 bits per heavy atom. The minimum atomic E-state index is -0.884. The van der Waals surface area contributed by atoms with E-state index in [9.17, 15) is 4.79 Å². The quantitative estimate of drug-likeness (QED) is 0.549. The molecule has 0 amide bonds. The third-order valence-corrected chi connectivity index (χ3v) is 5.50. The summed E-state index contributed by atoms with van der Waals surface area (Å²) in [5, 5.41) is 10.4. The van der Waals surface area contributed by atoms with E-state index in [1.54, 1.807) is 0 Å². The van der Waals surface area contributed by atoms with Crippen LogP contribution in [0.15, 0.2) is 0 Å². The molecule has 1 N–H and O–H groups in total. The zero-order valence-electron chi connectivity index (χ0n) is 7.04. The molecule has 0 aliphatic carbocycles. The summed E-state index contributed by atoms with van der Waals surface area (Å²) in [7, 11) is 1.40. The van der Waals surface area contributed by atoms with E-state index < -0.39 is 14.7 Å². The molecule has 66 valence electrons. The average Bonchev–Trinajstić information content (AvgIpc) is 2.01. The number of hydrogen-bond acceptors (Lipinski definition) is 3. The van der Waals surface area contributed by atoms with Crippen molar-refractivity contribution in [3.8, 4) is 0 Å². The molecule has 0 aromatic carbocycles. The van der Waals surface area contributed by atoms with Gasteiger partial charge in [0.25, 0.3) is 0 Å². The number of esters is 1. The zero-order chi connectivity index (χ0) is 8.69. The fourth-order valence-electron chi connectivity index (χ4n) is 0.667. The minimum absolute atomic E-state index is 0.135. The fraction of sp³-hybridized carbons (Fsp3) is 0.857. The summed E-state index contributed by atoms with van der Waals surface area (Å²) in [5.41, 5.74) is 2.16. The van der Waals surface area contributed by atoms with E-state index in [4.69, 9.17) is 5.11 Å². The number of aliphatic hydroxyl groups excluding tert-OH is 1. The first kappa shape index (κ1) is 11.0. The van der Waals surface area contributed by atoms with Crippen LogP contribution in [0.2, 0.25) is 16.1 Å². The topological polar surface area (TPSA) is 46.5 Å². The van der Waals surface area contributed by atoms with Gasteiger partial charge in [-0.1, -0.05) is 0 Å². The number of methoxy groups -OCH3 is 1. The van der Waals surface area contributed by atoms with E-state index in [1.807, 2.05) is 0 Å². The summed E-state index contributed by atoms with van der Waals surface area (Å²) in [4.78, 5) is 10.7. The summed E-state index contributed by atoms with van der Waals surface area (Å²) in [6.07, 6.45) is 0.521. The Hall–Kier alpha value is -0.0116. The van der Waals surface area contributed by atoms with Gasteiger partial charge in [0.15, 0.2) is 0 Å². The van der Waals surface area contributed by atoms with E-state index in [1.165, 1.54) is 7.11 Å². The van der Waals surface area contributed by atoms with Gasteiger partial charge >= 0.3 is 71.5 Å². The Kier molecular flexibility index (Phi) is 6.68. The van der Waals surface area contributed by atoms with Crippen LogP contribution in [0.4, 0.5) is 0 Å². The third kappa shape index (κ3) is 6.39. The molecule has 0 aromatic rings. The van der Waals surface area contributed by atoms with Crippen LogP contribution >= 0.6 is 0 Å². The molecule has 0 fully saturated rings. The second kappa shape index (κ2) is 6.68. The maximum absolute atomic E-state index is 10.7. The average molecular weight is 222 g/mol. The number of ether oxygens (including phenoxy) is 1. The van der Waals surface area contributed by atoms with Gasteiger partial charge < -0.3 is 0 Å². The number of carbonyl (C=O) groups is 1. The Morgan fingerprint density at radius 3 is 2.64 bits per heavy atom. The first-order valence-corrected chi connectivity index (χ1v) is 8.10. The van der Waals surface area contributed by atoms with Crippen molar-refractivity contribution >= 4 is 20.6 Å². The number of aliphatic hydroxyl groups is 1. The van der Waals surface area contributed by atoms with Gasteiger partial charge in [-0.3, -0.25) is 0 Å². The molecule has 0 aliphatic heterocycles. The van der Waals surface area contributed by atoms with Crippen LogP contribution in [0, 0.1) is 0 Å². The zero-order valence-corrected chi connectivity index (χ0v) is 8.92. The summed E-state index contributed by atoms with van der Waals surface area (Å²) in [5.74, 6) is -0.135. The molecule has 0 heterocycles. The normalized spacial score (nSPS) is 12.6. The molecule has 0 aromatic heterocycles. The Bertz CT molecular complexity index is 116. The molecule has 11 heavy (non-hydrogen) atoms. The molecule has 1 unspecified atom stereocenters. The maximum atomic E-state index is 10.7. The van der Waals surface area contributed by atoms with Crippen molar-refractivity contribution in [3.63, 3.8) is 0 Å². The van der Waals surface area contributed by atoms with Gasteiger partial charge in [-0.15, -0.1) is 0 Å². The van der Waals surface area contributed by atoms with Crippen LogP contribution in [0.5, 0.6) is 0 Å². The number of rotatable bonds is 5. The monoisotopic (exact) mass is 222 g/mol.